The Kier molecular flexibility index (Phi) is 6.78. The van der Waals surface area contributed by atoms with E-state index in [0.29, 0.717) is 22.6 Å². The number of benzene rings is 3. The topological polar surface area (TPSA) is 129 Å². The first-order chi connectivity index (χ1) is 15.4. The number of nitro groups is 2. The highest BCUT2D eigenvalue weighted by atomic mass is 16.6. The smallest absolute Gasteiger partial charge is 0.270 e. The lowest BCUT2D eigenvalue weighted by Crippen LogP contribution is -1.98. The second-order valence-electron chi connectivity index (χ2n) is 6.60. The van der Waals surface area contributed by atoms with Gasteiger partial charge in [-0.25, -0.2) is 0 Å². The van der Waals surface area contributed by atoms with Crippen molar-refractivity contribution in [2.45, 2.75) is 6.61 Å². The number of rotatable bonds is 8. The highest BCUT2D eigenvalue weighted by molar-refractivity contribution is 5.90. The molecule has 32 heavy (non-hydrogen) atoms. The van der Waals surface area contributed by atoms with Gasteiger partial charge < -0.3 is 9.47 Å². The average Bonchev–Trinajstić information content (AvgIpc) is 2.81. The maximum absolute atomic E-state index is 11.0. The molecule has 0 aromatic heterocycles. The number of nitriles is 1. The zero-order valence-corrected chi connectivity index (χ0v) is 16.9. The molecule has 9 nitrogen and oxygen atoms in total. The van der Waals surface area contributed by atoms with E-state index in [1.165, 1.54) is 37.4 Å². The fourth-order valence-electron chi connectivity index (χ4n) is 2.90. The normalized spacial score (nSPS) is 10.8. The van der Waals surface area contributed by atoms with Gasteiger partial charge in [-0.2, -0.15) is 5.26 Å². The van der Waals surface area contributed by atoms with Crippen molar-refractivity contribution in [3.05, 3.63) is 104 Å². The van der Waals surface area contributed by atoms with Crippen molar-refractivity contribution in [3.63, 3.8) is 0 Å². The van der Waals surface area contributed by atoms with Crippen LogP contribution in [-0.2, 0) is 6.61 Å². The van der Waals surface area contributed by atoms with Gasteiger partial charge in [0, 0.05) is 24.3 Å². The molecule has 0 amide bonds. The number of ether oxygens (including phenoxy) is 2. The largest absolute Gasteiger partial charge is 0.493 e. The summed E-state index contributed by atoms with van der Waals surface area (Å²) in [5.74, 6) is 0.883. The first-order valence-electron chi connectivity index (χ1n) is 9.32. The average molecular weight is 431 g/mol. The van der Waals surface area contributed by atoms with Crippen molar-refractivity contribution in [3.8, 4) is 17.6 Å². The van der Waals surface area contributed by atoms with E-state index in [-0.39, 0.29) is 23.6 Å². The fourth-order valence-corrected chi connectivity index (χ4v) is 2.90. The lowest BCUT2D eigenvalue weighted by Gasteiger charge is -2.11. The maximum atomic E-state index is 11.0. The van der Waals surface area contributed by atoms with Crippen molar-refractivity contribution in [1.82, 2.24) is 0 Å². The summed E-state index contributed by atoms with van der Waals surface area (Å²) in [4.78, 5) is 20.8. The van der Waals surface area contributed by atoms with Gasteiger partial charge >= 0.3 is 0 Å². The molecule has 3 aromatic carbocycles. The Hall–Kier alpha value is -4.71. The van der Waals surface area contributed by atoms with Crippen LogP contribution in [0.15, 0.2) is 66.7 Å². The Morgan fingerprint density at radius 2 is 1.69 bits per heavy atom. The van der Waals surface area contributed by atoms with Gasteiger partial charge in [0.25, 0.3) is 11.4 Å². The van der Waals surface area contributed by atoms with Crippen LogP contribution in [0.5, 0.6) is 11.5 Å². The van der Waals surface area contributed by atoms with Crippen molar-refractivity contribution in [1.29, 1.82) is 5.26 Å². The fraction of sp³-hybridized carbons (Fsp3) is 0.0870. The molecule has 0 N–H and O–H groups in total. The van der Waals surface area contributed by atoms with Crippen LogP contribution in [-0.4, -0.2) is 17.0 Å². The minimum Gasteiger partial charge on any atom is -0.493 e. The molecule has 3 rings (SSSR count). The molecule has 0 radical (unpaired) electrons. The molecule has 9 heteroatoms. The van der Waals surface area contributed by atoms with E-state index in [2.05, 4.69) is 6.07 Å². The Balaban J connectivity index is 1.81. The van der Waals surface area contributed by atoms with Crippen LogP contribution in [0.3, 0.4) is 0 Å². The number of nitrogens with zero attached hydrogens (tertiary/aromatic N) is 3. The third-order valence-electron chi connectivity index (χ3n) is 4.53. The second-order valence-corrected chi connectivity index (χ2v) is 6.60. The molecule has 0 saturated heterocycles. The molecule has 160 valence electrons. The summed E-state index contributed by atoms with van der Waals surface area (Å²) in [6.07, 6.45) is 1.60. The van der Waals surface area contributed by atoms with E-state index in [1.807, 2.05) is 0 Å². The molecule has 0 bridgehead atoms. The molecule has 0 aliphatic rings. The summed E-state index contributed by atoms with van der Waals surface area (Å²) in [6.45, 7) is 0.181. The highest BCUT2D eigenvalue weighted by Gasteiger charge is 2.11. The number of methoxy groups -OCH3 is 1. The Bertz CT molecular complexity index is 1230. The molecule has 0 heterocycles. The van der Waals surface area contributed by atoms with Crippen LogP contribution in [0.4, 0.5) is 11.4 Å². The van der Waals surface area contributed by atoms with Gasteiger partial charge in [0.2, 0.25) is 0 Å². The summed E-state index contributed by atoms with van der Waals surface area (Å²) in [6, 6.07) is 19.0. The van der Waals surface area contributed by atoms with Gasteiger partial charge in [-0.1, -0.05) is 18.2 Å². The van der Waals surface area contributed by atoms with Crippen molar-refractivity contribution in [2.75, 3.05) is 7.11 Å². The van der Waals surface area contributed by atoms with Crippen molar-refractivity contribution >= 4 is 23.0 Å². The van der Waals surface area contributed by atoms with E-state index in [0.717, 1.165) is 5.56 Å². The molecule has 0 aliphatic heterocycles. The van der Waals surface area contributed by atoms with Gasteiger partial charge in [0.15, 0.2) is 11.5 Å². The summed E-state index contributed by atoms with van der Waals surface area (Å²) in [5.41, 5.74) is 1.98. The molecule has 3 aromatic rings. The van der Waals surface area contributed by atoms with E-state index in [4.69, 9.17) is 9.47 Å². The quantitative estimate of drug-likeness (QED) is 0.209. The third kappa shape index (κ3) is 5.25. The summed E-state index contributed by atoms with van der Waals surface area (Å²) in [5, 5.41) is 31.3. The number of hydrogen-bond donors (Lipinski definition) is 0. The first kappa shape index (κ1) is 22.0. The Morgan fingerprint density at radius 3 is 2.31 bits per heavy atom. The zero-order chi connectivity index (χ0) is 23.1. The molecular weight excluding hydrogens is 414 g/mol. The molecular formula is C23H17N3O6. The van der Waals surface area contributed by atoms with E-state index < -0.39 is 9.85 Å². The van der Waals surface area contributed by atoms with Gasteiger partial charge in [-0.05, 0) is 47.0 Å². The molecule has 0 aliphatic carbocycles. The van der Waals surface area contributed by atoms with Crippen LogP contribution < -0.4 is 9.47 Å². The molecule has 0 atom stereocenters. The number of non-ortho nitro benzene ring substituents is 2. The Labute approximate surface area is 183 Å². The minimum atomic E-state index is -0.515. The first-order valence-corrected chi connectivity index (χ1v) is 9.32. The van der Waals surface area contributed by atoms with Gasteiger partial charge in [0.1, 0.15) is 6.61 Å². The number of nitro benzene ring substituents is 2. The summed E-state index contributed by atoms with van der Waals surface area (Å²) < 4.78 is 11.2. The second kappa shape index (κ2) is 9.86. The lowest BCUT2D eigenvalue weighted by molar-refractivity contribution is -0.385. The predicted octanol–water partition coefficient (Wildman–Crippen LogP) is 5.15. The standard InChI is InChI=1S/C23H17N3O6/c1-31-23-12-17(11-19(14-24)18-3-2-4-21(13-18)26(29)30)7-10-22(23)32-15-16-5-8-20(9-6-16)25(27)28/h2-13H,15H2,1H3. The molecule has 0 spiro atoms. The number of allylic oxidation sites excluding steroid dienone is 1. The van der Waals surface area contributed by atoms with Crippen LogP contribution in [0, 0.1) is 31.6 Å². The monoisotopic (exact) mass is 431 g/mol. The number of hydrogen-bond acceptors (Lipinski definition) is 7. The van der Waals surface area contributed by atoms with Crippen molar-refractivity contribution < 1.29 is 19.3 Å². The van der Waals surface area contributed by atoms with Crippen molar-refractivity contribution in [2.24, 2.45) is 0 Å². The van der Waals surface area contributed by atoms with Crippen LogP contribution >= 0.6 is 0 Å². The molecule has 0 unspecified atom stereocenters. The summed E-state index contributed by atoms with van der Waals surface area (Å²) in [7, 11) is 1.48. The van der Waals surface area contributed by atoms with Crippen LogP contribution in [0.1, 0.15) is 16.7 Å². The lowest BCUT2D eigenvalue weighted by atomic mass is 10.0. The SMILES string of the molecule is COc1cc(C=C(C#N)c2cccc([N+](=O)[O-])c2)ccc1OCc1ccc([N+](=O)[O-])cc1. The third-order valence-corrected chi connectivity index (χ3v) is 4.53. The minimum absolute atomic E-state index is 0.000448. The molecule has 0 saturated carbocycles. The molecule has 0 fully saturated rings. The Morgan fingerprint density at radius 1 is 0.969 bits per heavy atom. The van der Waals surface area contributed by atoms with E-state index in [9.17, 15) is 25.5 Å². The highest BCUT2D eigenvalue weighted by Crippen LogP contribution is 2.31. The predicted molar refractivity (Wildman–Crippen MR) is 117 cm³/mol. The zero-order valence-electron chi connectivity index (χ0n) is 16.9. The van der Waals surface area contributed by atoms with Gasteiger partial charge in [-0.3, -0.25) is 20.2 Å². The van der Waals surface area contributed by atoms with Crippen LogP contribution in [0.2, 0.25) is 0 Å². The van der Waals surface area contributed by atoms with Gasteiger partial charge in [-0.15, -0.1) is 0 Å². The van der Waals surface area contributed by atoms with Gasteiger partial charge in [0.05, 0.1) is 28.6 Å². The summed E-state index contributed by atoms with van der Waals surface area (Å²) >= 11 is 0. The van der Waals surface area contributed by atoms with E-state index >= 15 is 0 Å². The van der Waals surface area contributed by atoms with E-state index in [1.54, 1.807) is 42.5 Å². The van der Waals surface area contributed by atoms with Crippen LogP contribution in [0.25, 0.3) is 11.6 Å². The maximum Gasteiger partial charge on any atom is 0.270 e.